The van der Waals surface area contributed by atoms with Crippen molar-refractivity contribution in [1.82, 2.24) is 4.90 Å². The zero-order valence-electron chi connectivity index (χ0n) is 11.4. The molecule has 21 heavy (non-hydrogen) atoms. The lowest BCUT2D eigenvalue weighted by Gasteiger charge is -2.21. The van der Waals surface area contributed by atoms with Crippen molar-refractivity contribution in [3.05, 3.63) is 29.8 Å². The standard InChI is InChI=1S/C14H16N2O5/c1-8(17)15-10-4-2-3-9(5-10)13(19)16-7-11(18)6-12(16)14(20)21/h2-5,11-12,18H,6-7H2,1H3,(H,15,17)(H,20,21)/t11-,12+/m1/s1. The molecule has 1 aromatic rings. The van der Waals surface area contributed by atoms with E-state index in [0.29, 0.717) is 5.69 Å². The molecule has 0 spiro atoms. The minimum absolute atomic E-state index is 0.0137. The van der Waals surface area contributed by atoms with Crippen LogP contribution >= 0.6 is 0 Å². The fourth-order valence-corrected chi connectivity index (χ4v) is 2.37. The van der Waals surface area contributed by atoms with E-state index in [1.54, 1.807) is 12.1 Å². The number of rotatable bonds is 3. The minimum Gasteiger partial charge on any atom is -0.480 e. The van der Waals surface area contributed by atoms with Crippen LogP contribution in [0.4, 0.5) is 5.69 Å². The molecule has 1 aliphatic heterocycles. The van der Waals surface area contributed by atoms with Gasteiger partial charge in [-0.2, -0.15) is 0 Å². The Balaban J connectivity index is 2.23. The molecular weight excluding hydrogens is 276 g/mol. The number of aliphatic hydroxyl groups is 1. The molecule has 0 aliphatic carbocycles. The second-order valence-electron chi connectivity index (χ2n) is 4.96. The van der Waals surface area contributed by atoms with E-state index in [-0.39, 0.29) is 24.4 Å². The first-order chi connectivity index (χ1) is 9.88. The molecule has 1 aliphatic rings. The Morgan fingerprint density at radius 1 is 1.33 bits per heavy atom. The van der Waals surface area contributed by atoms with Gasteiger partial charge in [-0.3, -0.25) is 9.59 Å². The van der Waals surface area contributed by atoms with Crippen LogP contribution in [-0.4, -0.2) is 51.6 Å². The number of amides is 2. The molecule has 3 N–H and O–H groups in total. The van der Waals surface area contributed by atoms with Crippen LogP contribution in [0.1, 0.15) is 23.7 Å². The van der Waals surface area contributed by atoms with E-state index >= 15 is 0 Å². The smallest absolute Gasteiger partial charge is 0.326 e. The van der Waals surface area contributed by atoms with Crippen molar-refractivity contribution in [2.45, 2.75) is 25.5 Å². The molecule has 112 valence electrons. The van der Waals surface area contributed by atoms with Gasteiger partial charge < -0.3 is 20.4 Å². The summed E-state index contributed by atoms with van der Waals surface area (Å²) in [5.41, 5.74) is 0.724. The predicted octanol–water partition coefficient (Wildman–Crippen LogP) is 0.305. The van der Waals surface area contributed by atoms with Crippen molar-refractivity contribution in [3.8, 4) is 0 Å². The molecule has 0 radical (unpaired) electrons. The number of carboxylic acids is 1. The van der Waals surface area contributed by atoms with E-state index < -0.39 is 24.0 Å². The summed E-state index contributed by atoms with van der Waals surface area (Å²) in [6.07, 6.45) is -0.819. The lowest BCUT2D eigenvalue weighted by atomic mass is 10.1. The zero-order chi connectivity index (χ0) is 15.6. The number of nitrogens with zero attached hydrogens (tertiary/aromatic N) is 1. The van der Waals surface area contributed by atoms with Crippen molar-refractivity contribution >= 4 is 23.5 Å². The van der Waals surface area contributed by atoms with E-state index in [2.05, 4.69) is 5.32 Å². The van der Waals surface area contributed by atoms with Crippen LogP contribution < -0.4 is 5.32 Å². The van der Waals surface area contributed by atoms with Crippen molar-refractivity contribution in [3.63, 3.8) is 0 Å². The van der Waals surface area contributed by atoms with Crippen LogP contribution in [0, 0.1) is 0 Å². The predicted molar refractivity (Wildman–Crippen MR) is 73.8 cm³/mol. The monoisotopic (exact) mass is 292 g/mol. The second kappa shape index (κ2) is 5.92. The molecular formula is C14H16N2O5. The number of carbonyl (C=O) groups is 3. The third-order valence-corrected chi connectivity index (χ3v) is 3.25. The maximum atomic E-state index is 12.4. The SMILES string of the molecule is CC(=O)Nc1cccc(C(=O)N2C[C@H](O)C[C@H]2C(=O)O)c1. The van der Waals surface area contributed by atoms with Gasteiger partial charge in [0.2, 0.25) is 5.91 Å². The molecule has 2 amide bonds. The van der Waals surface area contributed by atoms with Crippen molar-refractivity contribution in [2.24, 2.45) is 0 Å². The number of carboxylic acid groups (broad SMARTS) is 1. The summed E-state index contributed by atoms with van der Waals surface area (Å²) >= 11 is 0. The lowest BCUT2D eigenvalue weighted by Crippen LogP contribution is -2.40. The van der Waals surface area contributed by atoms with E-state index in [1.165, 1.54) is 19.1 Å². The van der Waals surface area contributed by atoms with Gasteiger partial charge in [0.25, 0.3) is 5.91 Å². The van der Waals surface area contributed by atoms with Crippen LogP contribution in [0.2, 0.25) is 0 Å². The average Bonchev–Trinajstić information content (AvgIpc) is 2.80. The highest BCUT2D eigenvalue weighted by Crippen LogP contribution is 2.22. The van der Waals surface area contributed by atoms with Crippen LogP contribution in [0.3, 0.4) is 0 Å². The number of likely N-dealkylation sites (tertiary alicyclic amines) is 1. The van der Waals surface area contributed by atoms with Crippen molar-refractivity contribution in [2.75, 3.05) is 11.9 Å². The number of aliphatic hydroxyl groups excluding tert-OH is 1. The number of carbonyl (C=O) groups excluding carboxylic acids is 2. The lowest BCUT2D eigenvalue weighted by molar-refractivity contribution is -0.141. The number of aliphatic carboxylic acids is 1. The highest BCUT2D eigenvalue weighted by Gasteiger charge is 2.39. The van der Waals surface area contributed by atoms with E-state index in [9.17, 15) is 19.5 Å². The highest BCUT2D eigenvalue weighted by molar-refractivity contribution is 5.98. The summed E-state index contributed by atoms with van der Waals surface area (Å²) in [6.45, 7) is 1.34. The van der Waals surface area contributed by atoms with Gasteiger partial charge >= 0.3 is 5.97 Å². The van der Waals surface area contributed by atoms with Gasteiger partial charge in [-0.05, 0) is 18.2 Å². The number of β-amino-alcohol motifs (C(OH)–C–C–N with tert-alkyl or cyclic N) is 1. The van der Waals surface area contributed by atoms with Gasteiger partial charge in [0, 0.05) is 31.1 Å². The van der Waals surface area contributed by atoms with E-state index in [4.69, 9.17) is 5.11 Å². The molecule has 0 aromatic heterocycles. The third-order valence-electron chi connectivity index (χ3n) is 3.25. The summed E-state index contributed by atoms with van der Waals surface area (Å²) in [5.74, 6) is -1.89. The molecule has 7 nitrogen and oxygen atoms in total. The van der Waals surface area contributed by atoms with Gasteiger partial charge in [0.05, 0.1) is 6.10 Å². The third kappa shape index (κ3) is 3.38. The zero-order valence-corrected chi connectivity index (χ0v) is 11.4. The number of hydrogen-bond donors (Lipinski definition) is 3. The summed E-state index contributed by atoms with van der Waals surface area (Å²) in [6, 6.07) is 5.22. The Bertz CT molecular complexity index is 586. The summed E-state index contributed by atoms with van der Waals surface area (Å²) in [4.78, 5) is 35.7. The maximum Gasteiger partial charge on any atom is 0.326 e. The van der Waals surface area contributed by atoms with Crippen LogP contribution in [0.5, 0.6) is 0 Å². The highest BCUT2D eigenvalue weighted by atomic mass is 16.4. The Morgan fingerprint density at radius 2 is 2.05 bits per heavy atom. The Hall–Kier alpha value is -2.41. The molecule has 1 heterocycles. The molecule has 1 saturated heterocycles. The quantitative estimate of drug-likeness (QED) is 0.743. The van der Waals surface area contributed by atoms with Gasteiger partial charge in [-0.15, -0.1) is 0 Å². The molecule has 2 atom stereocenters. The first-order valence-electron chi connectivity index (χ1n) is 6.48. The molecule has 1 fully saturated rings. The van der Waals surface area contributed by atoms with Crippen molar-refractivity contribution in [1.29, 1.82) is 0 Å². The van der Waals surface area contributed by atoms with E-state index in [0.717, 1.165) is 4.90 Å². The number of anilines is 1. The average molecular weight is 292 g/mol. The van der Waals surface area contributed by atoms with Crippen LogP contribution in [0.25, 0.3) is 0 Å². The Morgan fingerprint density at radius 3 is 2.67 bits per heavy atom. The first kappa shape index (κ1) is 15.0. The van der Waals surface area contributed by atoms with Gasteiger partial charge in [0.1, 0.15) is 6.04 Å². The molecule has 1 aromatic carbocycles. The fourth-order valence-electron chi connectivity index (χ4n) is 2.37. The maximum absolute atomic E-state index is 12.4. The molecule has 7 heteroatoms. The Kier molecular flexibility index (Phi) is 4.23. The summed E-state index contributed by atoms with van der Waals surface area (Å²) in [7, 11) is 0. The minimum atomic E-state index is -1.14. The molecule has 0 unspecified atom stereocenters. The van der Waals surface area contributed by atoms with Crippen molar-refractivity contribution < 1.29 is 24.6 Å². The number of nitrogens with one attached hydrogen (secondary N) is 1. The van der Waals surface area contributed by atoms with Crippen LogP contribution in [-0.2, 0) is 9.59 Å². The summed E-state index contributed by atoms with van der Waals surface area (Å²) in [5, 5.41) is 21.2. The second-order valence-corrected chi connectivity index (χ2v) is 4.96. The Labute approximate surface area is 121 Å². The topological polar surface area (TPSA) is 107 Å². The first-order valence-corrected chi connectivity index (χ1v) is 6.48. The van der Waals surface area contributed by atoms with Gasteiger partial charge in [-0.25, -0.2) is 4.79 Å². The molecule has 0 saturated carbocycles. The van der Waals surface area contributed by atoms with Gasteiger partial charge in [-0.1, -0.05) is 6.07 Å². The number of hydrogen-bond acceptors (Lipinski definition) is 4. The summed E-state index contributed by atoms with van der Waals surface area (Å²) < 4.78 is 0. The molecule has 0 bridgehead atoms. The molecule has 2 rings (SSSR count). The normalized spacial score (nSPS) is 21.1. The van der Waals surface area contributed by atoms with Gasteiger partial charge in [0.15, 0.2) is 0 Å². The largest absolute Gasteiger partial charge is 0.480 e. The van der Waals surface area contributed by atoms with Crippen LogP contribution in [0.15, 0.2) is 24.3 Å². The number of benzene rings is 1. The van der Waals surface area contributed by atoms with E-state index in [1.807, 2.05) is 0 Å². The fraction of sp³-hybridized carbons (Fsp3) is 0.357.